The smallest absolute Gasteiger partial charge is 0.313 e. The lowest BCUT2D eigenvalue weighted by Crippen LogP contribution is -2.18. The third kappa shape index (κ3) is 8.14. The fraction of sp³-hybridized carbons (Fsp3) is 0.500. The molecule has 24 heavy (non-hydrogen) atoms. The van der Waals surface area contributed by atoms with Crippen LogP contribution in [0.4, 0.5) is 0 Å². The van der Waals surface area contributed by atoms with Gasteiger partial charge in [-0.25, -0.2) is 0 Å². The van der Waals surface area contributed by atoms with Crippen LogP contribution in [0.5, 0.6) is 0 Å². The number of carbonyl (C=O) groups is 1. The summed E-state index contributed by atoms with van der Waals surface area (Å²) in [6.07, 6.45) is 7.12. The molecule has 0 bridgehead atoms. The molecule has 0 heterocycles. The van der Waals surface area contributed by atoms with Crippen LogP contribution in [-0.4, -0.2) is 12.6 Å². The van der Waals surface area contributed by atoms with Crippen molar-refractivity contribution in [3.8, 4) is 0 Å². The molecule has 0 aliphatic carbocycles. The van der Waals surface area contributed by atoms with E-state index < -0.39 is 0 Å². The Morgan fingerprint density at radius 2 is 1.75 bits per heavy atom. The van der Waals surface area contributed by atoms with Crippen molar-refractivity contribution in [2.24, 2.45) is 5.92 Å². The molecule has 0 aliphatic rings. The standard InChI is InChI=1S/C22H32O2/c1-17(2)10-9-11-19(5)14-15-24-22(23)21(16-18(3)4)20-12-7-6-8-13-20/h6-8,10,12-14,18,21H,9,11,15-16H2,1-5H3/b19-14+. The van der Waals surface area contributed by atoms with E-state index in [1.165, 1.54) is 11.1 Å². The lowest BCUT2D eigenvalue weighted by atomic mass is 9.90. The second-order valence-electron chi connectivity index (χ2n) is 7.09. The van der Waals surface area contributed by atoms with Crippen LogP contribution in [0.3, 0.4) is 0 Å². The van der Waals surface area contributed by atoms with Crippen molar-refractivity contribution in [1.29, 1.82) is 0 Å². The van der Waals surface area contributed by atoms with Gasteiger partial charge in [0.05, 0.1) is 5.92 Å². The van der Waals surface area contributed by atoms with Crippen molar-refractivity contribution in [1.82, 2.24) is 0 Å². The number of hydrogen-bond acceptors (Lipinski definition) is 2. The highest BCUT2D eigenvalue weighted by atomic mass is 16.5. The fourth-order valence-electron chi connectivity index (χ4n) is 2.58. The monoisotopic (exact) mass is 328 g/mol. The van der Waals surface area contributed by atoms with Crippen LogP contribution in [0.25, 0.3) is 0 Å². The lowest BCUT2D eigenvalue weighted by molar-refractivity contribution is -0.144. The number of hydrogen-bond donors (Lipinski definition) is 0. The van der Waals surface area contributed by atoms with Gasteiger partial charge in [-0.2, -0.15) is 0 Å². The highest BCUT2D eigenvalue weighted by Gasteiger charge is 2.22. The molecule has 0 fully saturated rings. The van der Waals surface area contributed by atoms with Crippen LogP contribution in [-0.2, 0) is 9.53 Å². The van der Waals surface area contributed by atoms with Crippen molar-refractivity contribution in [2.75, 3.05) is 6.61 Å². The normalized spacial score (nSPS) is 12.8. The van der Waals surface area contributed by atoms with Gasteiger partial charge in [-0.05, 0) is 57.6 Å². The third-order valence-electron chi connectivity index (χ3n) is 3.94. The number of allylic oxidation sites excluding steroid dienone is 3. The summed E-state index contributed by atoms with van der Waals surface area (Å²) in [5.74, 6) is 0.151. The van der Waals surface area contributed by atoms with Crippen LogP contribution in [0.1, 0.15) is 65.4 Å². The molecule has 0 N–H and O–H groups in total. The van der Waals surface area contributed by atoms with E-state index in [1.807, 2.05) is 36.4 Å². The van der Waals surface area contributed by atoms with Gasteiger partial charge in [-0.3, -0.25) is 4.79 Å². The topological polar surface area (TPSA) is 26.3 Å². The molecule has 1 aromatic rings. The van der Waals surface area contributed by atoms with E-state index in [0.29, 0.717) is 12.5 Å². The molecule has 0 aliphatic heterocycles. The second-order valence-corrected chi connectivity index (χ2v) is 7.09. The minimum atomic E-state index is -0.175. The summed E-state index contributed by atoms with van der Waals surface area (Å²) in [4.78, 5) is 12.5. The number of ether oxygens (including phenoxy) is 1. The quantitative estimate of drug-likeness (QED) is 0.407. The zero-order valence-electron chi connectivity index (χ0n) is 15.8. The summed E-state index contributed by atoms with van der Waals surface area (Å²) in [6, 6.07) is 9.94. The largest absolute Gasteiger partial charge is 0.461 e. The maximum atomic E-state index is 12.5. The van der Waals surface area contributed by atoms with Crippen LogP contribution in [0.15, 0.2) is 53.6 Å². The van der Waals surface area contributed by atoms with Gasteiger partial charge in [-0.15, -0.1) is 0 Å². The molecule has 2 nitrogen and oxygen atoms in total. The molecular weight excluding hydrogens is 296 g/mol. The van der Waals surface area contributed by atoms with Crippen molar-refractivity contribution >= 4 is 5.97 Å². The van der Waals surface area contributed by atoms with E-state index in [-0.39, 0.29) is 11.9 Å². The minimum Gasteiger partial charge on any atom is -0.461 e. The molecule has 0 radical (unpaired) electrons. The average Bonchev–Trinajstić information content (AvgIpc) is 2.52. The summed E-state index contributed by atoms with van der Waals surface area (Å²) in [5.41, 5.74) is 3.65. The first kappa shape index (κ1) is 20.2. The molecular formula is C22H32O2. The average molecular weight is 328 g/mol. The number of carbonyl (C=O) groups excluding carboxylic acids is 1. The Kier molecular flexibility index (Phi) is 9.14. The Morgan fingerprint density at radius 1 is 1.08 bits per heavy atom. The molecule has 2 heteroatoms. The summed E-state index contributed by atoms with van der Waals surface area (Å²) in [5, 5.41) is 0. The van der Waals surface area contributed by atoms with Gasteiger partial charge in [0.25, 0.3) is 0 Å². The molecule has 1 unspecified atom stereocenters. The summed E-state index contributed by atoms with van der Waals surface area (Å²) >= 11 is 0. The fourth-order valence-corrected chi connectivity index (χ4v) is 2.58. The van der Waals surface area contributed by atoms with Gasteiger partial charge in [0.15, 0.2) is 0 Å². The molecule has 0 amide bonds. The number of esters is 1. The van der Waals surface area contributed by atoms with Gasteiger partial charge in [-0.1, -0.05) is 61.4 Å². The van der Waals surface area contributed by atoms with Gasteiger partial charge in [0.2, 0.25) is 0 Å². The van der Waals surface area contributed by atoms with Crippen LogP contribution in [0, 0.1) is 5.92 Å². The maximum Gasteiger partial charge on any atom is 0.313 e. The van der Waals surface area contributed by atoms with Gasteiger partial charge < -0.3 is 4.74 Å². The Bertz CT molecular complexity index is 549. The van der Waals surface area contributed by atoms with Crippen molar-refractivity contribution in [3.05, 3.63) is 59.2 Å². The van der Waals surface area contributed by atoms with Gasteiger partial charge >= 0.3 is 5.97 Å². The lowest BCUT2D eigenvalue weighted by Gasteiger charge is -2.18. The molecule has 132 valence electrons. The van der Waals surface area contributed by atoms with Crippen LogP contribution < -0.4 is 0 Å². The first-order chi connectivity index (χ1) is 11.4. The maximum absolute atomic E-state index is 12.5. The van der Waals surface area contributed by atoms with Crippen molar-refractivity contribution < 1.29 is 9.53 Å². The molecule has 1 rings (SSSR count). The van der Waals surface area contributed by atoms with E-state index in [4.69, 9.17) is 4.74 Å². The van der Waals surface area contributed by atoms with E-state index in [1.54, 1.807) is 0 Å². The zero-order valence-corrected chi connectivity index (χ0v) is 15.8. The second kappa shape index (κ2) is 10.9. The predicted molar refractivity (Wildman–Crippen MR) is 102 cm³/mol. The Balaban J connectivity index is 2.58. The van der Waals surface area contributed by atoms with E-state index in [2.05, 4.69) is 40.7 Å². The van der Waals surface area contributed by atoms with Crippen LogP contribution >= 0.6 is 0 Å². The zero-order chi connectivity index (χ0) is 17.9. The van der Waals surface area contributed by atoms with Crippen molar-refractivity contribution in [2.45, 2.75) is 59.8 Å². The summed E-state index contributed by atoms with van der Waals surface area (Å²) in [6.45, 7) is 10.9. The summed E-state index contributed by atoms with van der Waals surface area (Å²) in [7, 11) is 0. The highest BCUT2D eigenvalue weighted by molar-refractivity contribution is 5.78. The molecule has 1 atom stereocenters. The van der Waals surface area contributed by atoms with Gasteiger partial charge in [0, 0.05) is 0 Å². The van der Waals surface area contributed by atoms with E-state index in [9.17, 15) is 4.79 Å². The predicted octanol–water partition coefficient (Wildman–Crippen LogP) is 6.05. The SMILES string of the molecule is CC(C)=CCC/C(C)=C/COC(=O)C(CC(C)C)c1ccccc1. The van der Waals surface area contributed by atoms with Crippen LogP contribution in [0.2, 0.25) is 0 Å². The third-order valence-corrected chi connectivity index (χ3v) is 3.94. The first-order valence-corrected chi connectivity index (χ1v) is 8.90. The first-order valence-electron chi connectivity index (χ1n) is 8.90. The number of benzene rings is 1. The Hall–Kier alpha value is -1.83. The van der Waals surface area contributed by atoms with E-state index >= 15 is 0 Å². The number of rotatable bonds is 9. The Labute approximate surface area is 147 Å². The van der Waals surface area contributed by atoms with Gasteiger partial charge in [0.1, 0.15) is 6.61 Å². The highest BCUT2D eigenvalue weighted by Crippen LogP contribution is 2.25. The molecule has 0 saturated heterocycles. The van der Waals surface area contributed by atoms with E-state index in [0.717, 1.165) is 24.8 Å². The Morgan fingerprint density at radius 3 is 2.33 bits per heavy atom. The molecule has 1 aromatic carbocycles. The molecule has 0 spiro atoms. The molecule has 0 aromatic heterocycles. The molecule has 0 saturated carbocycles. The van der Waals surface area contributed by atoms with Crippen molar-refractivity contribution in [3.63, 3.8) is 0 Å². The summed E-state index contributed by atoms with van der Waals surface area (Å²) < 4.78 is 5.53. The minimum absolute atomic E-state index is 0.122.